The predicted molar refractivity (Wildman–Crippen MR) is 114 cm³/mol. The van der Waals surface area contributed by atoms with Crippen LogP contribution in [0.2, 0.25) is 0 Å². The van der Waals surface area contributed by atoms with Crippen LogP contribution in [0.5, 0.6) is 0 Å². The fourth-order valence-electron chi connectivity index (χ4n) is 3.84. The van der Waals surface area contributed by atoms with Crippen molar-refractivity contribution in [3.63, 3.8) is 0 Å². The first-order chi connectivity index (χ1) is 13.5. The Labute approximate surface area is 167 Å². The number of benzene rings is 2. The SMILES string of the molecule is COC(=O)c1ccccc1-c1ccc(N(CC(C)C)C2CCOCC2)c(N)c1. The molecule has 0 atom stereocenters. The van der Waals surface area contributed by atoms with Crippen LogP contribution in [0.4, 0.5) is 11.4 Å². The molecular formula is C23H30N2O3. The highest BCUT2D eigenvalue weighted by Crippen LogP contribution is 2.34. The Balaban J connectivity index is 1.96. The van der Waals surface area contributed by atoms with Gasteiger partial charge in [-0.15, -0.1) is 0 Å². The summed E-state index contributed by atoms with van der Waals surface area (Å²) < 4.78 is 10.5. The summed E-state index contributed by atoms with van der Waals surface area (Å²) in [5, 5.41) is 0. The van der Waals surface area contributed by atoms with Gasteiger partial charge >= 0.3 is 5.97 Å². The molecule has 1 fully saturated rings. The lowest BCUT2D eigenvalue weighted by molar-refractivity contribution is 0.0601. The zero-order valence-corrected chi connectivity index (χ0v) is 17.0. The molecule has 0 amide bonds. The first kappa shape index (κ1) is 20.2. The van der Waals surface area contributed by atoms with E-state index in [1.165, 1.54) is 7.11 Å². The summed E-state index contributed by atoms with van der Waals surface area (Å²) in [5.41, 5.74) is 10.6. The van der Waals surface area contributed by atoms with Gasteiger partial charge in [0, 0.05) is 25.8 Å². The van der Waals surface area contributed by atoms with Gasteiger partial charge in [0.1, 0.15) is 0 Å². The Morgan fingerprint density at radius 3 is 2.57 bits per heavy atom. The number of hydrogen-bond donors (Lipinski definition) is 1. The largest absolute Gasteiger partial charge is 0.465 e. The number of anilines is 2. The molecule has 1 aliphatic rings. The molecule has 1 saturated heterocycles. The van der Waals surface area contributed by atoms with Crippen molar-refractivity contribution in [2.75, 3.05) is 37.5 Å². The summed E-state index contributed by atoms with van der Waals surface area (Å²) >= 11 is 0. The third-order valence-electron chi connectivity index (χ3n) is 5.17. The van der Waals surface area contributed by atoms with Crippen LogP contribution in [0, 0.1) is 5.92 Å². The molecule has 3 rings (SSSR count). The van der Waals surface area contributed by atoms with E-state index in [0.717, 1.165) is 55.1 Å². The van der Waals surface area contributed by atoms with Crippen LogP contribution in [0.3, 0.4) is 0 Å². The Kier molecular flexibility index (Phi) is 6.57. The van der Waals surface area contributed by atoms with E-state index in [4.69, 9.17) is 15.2 Å². The van der Waals surface area contributed by atoms with Gasteiger partial charge in [-0.3, -0.25) is 0 Å². The van der Waals surface area contributed by atoms with Crippen molar-refractivity contribution in [2.24, 2.45) is 5.92 Å². The second-order valence-electron chi connectivity index (χ2n) is 7.70. The smallest absolute Gasteiger partial charge is 0.338 e. The Bertz CT molecular complexity index is 813. The molecule has 0 bridgehead atoms. The summed E-state index contributed by atoms with van der Waals surface area (Å²) in [6, 6.07) is 14.0. The first-order valence-electron chi connectivity index (χ1n) is 9.93. The van der Waals surface area contributed by atoms with E-state index < -0.39 is 0 Å². The normalized spacial score (nSPS) is 14.9. The van der Waals surface area contributed by atoms with Gasteiger partial charge < -0.3 is 20.1 Å². The summed E-state index contributed by atoms with van der Waals surface area (Å²) in [6.07, 6.45) is 2.03. The zero-order valence-electron chi connectivity index (χ0n) is 17.0. The Hall–Kier alpha value is -2.53. The number of carbonyl (C=O) groups is 1. The molecule has 1 aliphatic heterocycles. The van der Waals surface area contributed by atoms with E-state index in [9.17, 15) is 4.79 Å². The minimum Gasteiger partial charge on any atom is -0.465 e. The molecule has 5 heteroatoms. The lowest BCUT2D eigenvalue weighted by atomic mass is 9.97. The molecule has 0 unspecified atom stereocenters. The molecule has 0 aliphatic carbocycles. The van der Waals surface area contributed by atoms with Crippen molar-refractivity contribution in [3.05, 3.63) is 48.0 Å². The van der Waals surface area contributed by atoms with Gasteiger partial charge in [0.2, 0.25) is 0 Å². The summed E-state index contributed by atoms with van der Waals surface area (Å²) in [7, 11) is 1.40. The second-order valence-corrected chi connectivity index (χ2v) is 7.70. The summed E-state index contributed by atoms with van der Waals surface area (Å²) in [6.45, 7) is 6.99. The highest BCUT2D eigenvalue weighted by atomic mass is 16.5. The van der Waals surface area contributed by atoms with Gasteiger partial charge in [-0.2, -0.15) is 0 Å². The molecule has 2 aromatic rings. The zero-order chi connectivity index (χ0) is 20.1. The fraction of sp³-hybridized carbons (Fsp3) is 0.435. The number of nitrogens with two attached hydrogens (primary N) is 1. The van der Waals surface area contributed by atoms with Crippen molar-refractivity contribution in [1.29, 1.82) is 0 Å². The number of esters is 1. The summed E-state index contributed by atoms with van der Waals surface area (Å²) in [5.74, 6) is 0.184. The van der Waals surface area contributed by atoms with Crippen LogP contribution >= 0.6 is 0 Å². The minimum absolute atomic E-state index is 0.345. The third-order valence-corrected chi connectivity index (χ3v) is 5.17. The number of carbonyl (C=O) groups excluding carboxylic acids is 1. The molecular weight excluding hydrogens is 352 g/mol. The number of ether oxygens (including phenoxy) is 2. The lowest BCUT2D eigenvalue weighted by Gasteiger charge is -2.38. The molecule has 0 aromatic heterocycles. The highest BCUT2D eigenvalue weighted by Gasteiger charge is 2.24. The van der Waals surface area contributed by atoms with E-state index in [2.05, 4.69) is 24.8 Å². The van der Waals surface area contributed by atoms with E-state index in [1.807, 2.05) is 30.3 Å². The molecule has 2 aromatic carbocycles. The lowest BCUT2D eigenvalue weighted by Crippen LogP contribution is -2.42. The molecule has 0 saturated carbocycles. The Morgan fingerprint density at radius 2 is 1.93 bits per heavy atom. The van der Waals surface area contributed by atoms with Crippen LogP contribution < -0.4 is 10.6 Å². The molecule has 0 radical (unpaired) electrons. The van der Waals surface area contributed by atoms with Gasteiger partial charge in [-0.05, 0) is 48.1 Å². The van der Waals surface area contributed by atoms with Gasteiger partial charge in [0.05, 0.1) is 24.0 Å². The monoisotopic (exact) mass is 382 g/mol. The topological polar surface area (TPSA) is 64.8 Å². The molecule has 5 nitrogen and oxygen atoms in total. The van der Waals surface area contributed by atoms with E-state index in [-0.39, 0.29) is 5.97 Å². The fourth-order valence-corrected chi connectivity index (χ4v) is 3.84. The number of methoxy groups -OCH3 is 1. The number of rotatable bonds is 6. The van der Waals surface area contributed by atoms with Gasteiger partial charge in [-0.25, -0.2) is 4.79 Å². The molecule has 1 heterocycles. The maximum Gasteiger partial charge on any atom is 0.338 e. The van der Waals surface area contributed by atoms with Crippen molar-refractivity contribution in [1.82, 2.24) is 0 Å². The van der Waals surface area contributed by atoms with Crippen LogP contribution in [-0.4, -0.2) is 38.9 Å². The number of nitrogens with zero attached hydrogens (tertiary/aromatic N) is 1. The maximum absolute atomic E-state index is 12.1. The quantitative estimate of drug-likeness (QED) is 0.594. The van der Waals surface area contributed by atoms with E-state index in [0.29, 0.717) is 17.5 Å². The predicted octanol–water partition coefficient (Wildman–Crippen LogP) is 4.36. The molecule has 0 spiro atoms. The van der Waals surface area contributed by atoms with Crippen LogP contribution in [0.15, 0.2) is 42.5 Å². The second kappa shape index (κ2) is 9.11. The Morgan fingerprint density at radius 1 is 1.21 bits per heavy atom. The van der Waals surface area contributed by atoms with Crippen LogP contribution in [0.1, 0.15) is 37.0 Å². The maximum atomic E-state index is 12.1. The minimum atomic E-state index is -0.345. The third kappa shape index (κ3) is 4.47. The number of nitrogen functional groups attached to an aromatic ring is 1. The van der Waals surface area contributed by atoms with Gasteiger partial charge in [0.25, 0.3) is 0 Å². The average molecular weight is 383 g/mol. The van der Waals surface area contributed by atoms with Crippen molar-refractivity contribution < 1.29 is 14.3 Å². The van der Waals surface area contributed by atoms with Crippen molar-refractivity contribution in [3.8, 4) is 11.1 Å². The van der Waals surface area contributed by atoms with Crippen molar-refractivity contribution in [2.45, 2.75) is 32.7 Å². The van der Waals surface area contributed by atoms with E-state index >= 15 is 0 Å². The summed E-state index contributed by atoms with van der Waals surface area (Å²) in [4.78, 5) is 14.6. The van der Waals surface area contributed by atoms with E-state index in [1.54, 1.807) is 6.07 Å². The standard InChI is InChI=1S/C23H30N2O3/c1-16(2)15-25(18-10-12-28-13-11-18)22-9-8-17(14-21(22)24)19-6-4-5-7-20(19)23(26)27-3/h4-9,14,16,18H,10-13,15,24H2,1-3H3. The van der Waals surface area contributed by atoms with Crippen molar-refractivity contribution >= 4 is 17.3 Å². The van der Waals surface area contributed by atoms with Gasteiger partial charge in [0.15, 0.2) is 0 Å². The van der Waals surface area contributed by atoms with Gasteiger partial charge in [-0.1, -0.05) is 38.1 Å². The molecule has 28 heavy (non-hydrogen) atoms. The molecule has 2 N–H and O–H groups in total. The van der Waals surface area contributed by atoms with Crippen LogP contribution in [-0.2, 0) is 9.47 Å². The first-order valence-corrected chi connectivity index (χ1v) is 9.93. The molecule has 150 valence electrons. The van der Waals surface area contributed by atoms with Crippen LogP contribution in [0.25, 0.3) is 11.1 Å². The highest BCUT2D eigenvalue weighted by molar-refractivity contribution is 5.97. The number of hydrogen-bond acceptors (Lipinski definition) is 5. The average Bonchev–Trinajstić information content (AvgIpc) is 2.72.